The molecule has 8 heteroatoms. The standard InChI is InChI=1S/C13H10BrF3N2O2/c14-9-5-8(6-18)12(19-7-9)20-10-3-1-2-4-11(10)21-13(15,16)17/h1-5,7H,6,18H2. The topological polar surface area (TPSA) is 57.4 Å². The molecular weight excluding hydrogens is 353 g/mol. The first-order chi connectivity index (χ1) is 9.89. The fourth-order valence-corrected chi connectivity index (χ4v) is 1.93. The number of rotatable bonds is 4. The van der Waals surface area contributed by atoms with Crippen molar-refractivity contribution in [1.82, 2.24) is 4.98 Å². The van der Waals surface area contributed by atoms with E-state index in [1.807, 2.05) is 0 Å². The van der Waals surface area contributed by atoms with Gasteiger partial charge in [-0.3, -0.25) is 0 Å². The number of hydrogen-bond acceptors (Lipinski definition) is 4. The minimum Gasteiger partial charge on any atom is -0.435 e. The highest BCUT2D eigenvalue weighted by Gasteiger charge is 2.32. The van der Waals surface area contributed by atoms with E-state index in [4.69, 9.17) is 10.5 Å². The fourth-order valence-electron chi connectivity index (χ4n) is 1.55. The molecule has 2 N–H and O–H groups in total. The van der Waals surface area contributed by atoms with E-state index >= 15 is 0 Å². The molecule has 2 aromatic rings. The Morgan fingerprint density at radius 3 is 2.48 bits per heavy atom. The number of pyridine rings is 1. The van der Waals surface area contributed by atoms with Crippen LogP contribution in [-0.4, -0.2) is 11.3 Å². The normalized spacial score (nSPS) is 11.3. The van der Waals surface area contributed by atoms with Crippen LogP contribution >= 0.6 is 15.9 Å². The van der Waals surface area contributed by atoms with Crippen molar-refractivity contribution in [2.75, 3.05) is 0 Å². The van der Waals surface area contributed by atoms with E-state index in [0.717, 1.165) is 6.07 Å². The second-order valence-electron chi connectivity index (χ2n) is 3.92. The summed E-state index contributed by atoms with van der Waals surface area (Å²) in [5, 5.41) is 0. The first-order valence-electron chi connectivity index (χ1n) is 5.76. The number of nitrogens with two attached hydrogens (primary N) is 1. The summed E-state index contributed by atoms with van der Waals surface area (Å²) in [6.07, 6.45) is -3.34. The lowest BCUT2D eigenvalue weighted by Crippen LogP contribution is -2.17. The van der Waals surface area contributed by atoms with Gasteiger partial charge in [0.1, 0.15) is 0 Å². The molecular formula is C13H10BrF3N2O2. The summed E-state index contributed by atoms with van der Waals surface area (Å²) in [6, 6.07) is 7.12. The van der Waals surface area contributed by atoms with Gasteiger partial charge in [0.2, 0.25) is 5.88 Å². The number of benzene rings is 1. The van der Waals surface area contributed by atoms with Crippen LogP contribution < -0.4 is 15.2 Å². The zero-order valence-corrected chi connectivity index (χ0v) is 12.1. The molecule has 0 fully saturated rings. The molecule has 112 valence electrons. The molecule has 0 saturated heterocycles. The van der Waals surface area contributed by atoms with E-state index in [0.29, 0.717) is 10.0 Å². The molecule has 1 aromatic carbocycles. The first kappa shape index (κ1) is 15.6. The molecule has 0 aliphatic carbocycles. The van der Waals surface area contributed by atoms with Crippen LogP contribution in [0.1, 0.15) is 5.56 Å². The Bertz CT molecular complexity index is 635. The lowest BCUT2D eigenvalue weighted by Gasteiger charge is -2.14. The third kappa shape index (κ3) is 4.33. The van der Waals surface area contributed by atoms with E-state index in [1.54, 1.807) is 6.07 Å². The van der Waals surface area contributed by atoms with Crippen LogP contribution in [0.4, 0.5) is 13.2 Å². The number of para-hydroxylation sites is 2. The van der Waals surface area contributed by atoms with Gasteiger partial charge in [0.15, 0.2) is 11.5 Å². The largest absolute Gasteiger partial charge is 0.573 e. The highest BCUT2D eigenvalue weighted by atomic mass is 79.9. The second kappa shape index (κ2) is 6.31. The average molecular weight is 363 g/mol. The van der Waals surface area contributed by atoms with E-state index in [9.17, 15) is 13.2 Å². The van der Waals surface area contributed by atoms with Crippen molar-refractivity contribution in [2.24, 2.45) is 5.73 Å². The van der Waals surface area contributed by atoms with Crippen molar-refractivity contribution in [3.8, 4) is 17.4 Å². The van der Waals surface area contributed by atoms with Gasteiger partial charge in [0.25, 0.3) is 0 Å². The van der Waals surface area contributed by atoms with Gasteiger partial charge in [-0.2, -0.15) is 0 Å². The van der Waals surface area contributed by atoms with Crippen molar-refractivity contribution in [3.05, 3.63) is 46.6 Å². The van der Waals surface area contributed by atoms with Gasteiger partial charge in [-0.05, 0) is 34.1 Å². The molecule has 0 unspecified atom stereocenters. The molecule has 0 amide bonds. The molecule has 21 heavy (non-hydrogen) atoms. The van der Waals surface area contributed by atoms with Crippen molar-refractivity contribution in [2.45, 2.75) is 12.9 Å². The molecule has 2 rings (SSSR count). The fraction of sp³-hybridized carbons (Fsp3) is 0.154. The van der Waals surface area contributed by atoms with Crippen LogP contribution in [0.25, 0.3) is 0 Å². The molecule has 4 nitrogen and oxygen atoms in total. The molecule has 0 atom stereocenters. The zero-order valence-electron chi connectivity index (χ0n) is 10.5. The maximum atomic E-state index is 12.3. The maximum Gasteiger partial charge on any atom is 0.573 e. The number of aromatic nitrogens is 1. The van der Waals surface area contributed by atoms with Crippen molar-refractivity contribution in [1.29, 1.82) is 0 Å². The quantitative estimate of drug-likeness (QED) is 0.893. The van der Waals surface area contributed by atoms with Gasteiger partial charge < -0.3 is 15.2 Å². The van der Waals surface area contributed by atoms with Crippen LogP contribution in [0.3, 0.4) is 0 Å². The van der Waals surface area contributed by atoms with Crippen LogP contribution in [0.15, 0.2) is 41.0 Å². The Labute approximate surface area is 126 Å². The number of alkyl halides is 3. The smallest absolute Gasteiger partial charge is 0.435 e. The number of nitrogens with zero attached hydrogens (tertiary/aromatic N) is 1. The summed E-state index contributed by atoms with van der Waals surface area (Å²) < 4.78 is 47.0. The number of halogens is 4. The summed E-state index contributed by atoms with van der Waals surface area (Å²) in [4.78, 5) is 4.00. The summed E-state index contributed by atoms with van der Waals surface area (Å²) in [6.45, 7) is 0.129. The summed E-state index contributed by atoms with van der Waals surface area (Å²) in [5.41, 5.74) is 6.11. The zero-order chi connectivity index (χ0) is 15.5. The number of hydrogen-bond donors (Lipinski definition) is 1. The van der Waals surface area contributed by atoms with Crippen LogP contribution in [0.5, 0.6) is 17.4 Å². The van der Waals surface area contributed by atoms with Gasteiger partial charge in [-0.1, -0.05) is 12.1 Å². The van der Waals surface area contributed by atoms with E-state index in [2.05, 4.69) is 25.7 Å². The van der Waals surface area contributed by atoms with Gasteiger partial charge in [0.05, 0.1) is 0 Å². The van der Waals surface area contributed by atoms with Crippen molar-refractivity contribution < 1.29 is 22.6 Å². The Balaban J connectivity index is 2.32. The average Bonchev–Trinajstić information content (AvgIpc) is 2.41. The third-order valence-electron chi connectivity index (χ3n) is 2.39. The summed E-state index contributed by atoms with van der Waals surface area (Å²) >= 11 is 3.23. The molecule has 0 bridgehead atoms. The molecule has 1 aromatic heterocycles. The molecule has 0 aliphatic rings. The van der Waals surface area contributed by atoms with Crippen LogP contribution in [0.2, 0.25) is 0 Å². The third-order valence-corrected chi connectivity index (χ3v) is 2.83. The predicted molar refractivity (Wildman–Crippen MR) is 73.0 cm³/mol. The highest BCUT2D eigenvalue weighted by molar-refractivity contribution is 9.10. The molecule has 0 radical (unpaired) electrons. The first-order valence-corrected chi connectivity index (χ1v) is 6.55. The predicted octanol–water partition coefficient (Wildman–Crippen LogP) is 3.99. The summed E-state index contributed by atoms with van der Waals surface area (Å²) in [7, 11) is 0. The maximum absolute atomic E-state index is 12.3. The molecule has 0 spiro atoms. The number of ether oxygens (including phenoxy) is 2. The van der Waals surface area contributed by atoms with Gasteiger partial charge in [-0.15, -0.1) is 13.2 Å². The SMILES string of the molecule is NCc1cc(Br)cnc1Oc1ccccc1OC(F)(F)F. The monoisotopic (exact) mass is 362 g/mol. The second-order valence-corrected chi connectivity index (χ2v) is 4.83. The van der Waals surface area contributed by atoms with Crippen molar-refractivity contribution in [3.63, 3.8) is 0 Å². The lowest BCUT2D eigenvalue weighted by molar-refractivity contribution is -0.275. The Hall–Kier alpha value is -1.80. The Kier molecular flexibility index (Phi) is 4.69. The van der Waals surface area contributed by atoms with Crippen LogP contribution in [-0.2, 0) is 6.54 Å². The van der Waals surface area contributed by atoms with Gasteiger partial charge >= 0.3 is 6.36 Å². The lowest BCUT2D eigenvalue weighted by atomic mass is 10.2. The molecule has 0 saturated carbocycles. The minimum atomic E-state index is -4.80. The minimum absolute atomic E-state index is 0.0978. The van der Waals surface area contributed by atoms with E-state index in [-0.39, 0.29) is 18.2 Å². The van der Waals surface area contributed by atoms with Crippen molar-refractivity contribution >= 4 is 15.9 Å². The van der Waals surface area contributed by atoms with E-state index in [1.165, 1.54) is 24.4 Å². The Morgan fingerprint density at radius 2 is 1.86 bits per heavy atom. The molecule has 1 heterocycles. The van der Waals surface area contributed by atoms with Gasteiger partial charge in [-0.25, -0.2) is 4.98 Å². The van der Waals surface area contributed by atoms with Gasteiger partial charge in [0, 0.05) is 22.8 Å². The van der Waals surface area contributed by atoms with E-state index < -0.39 is 12.1 Å². The Morgan fingerprint density at radius 1 is 1.19 bits per heavy atom. The molecule has 0 aliphatic heterocycles. The summed E-state index contributed by atoms with van der Waals surface area (Å²) in [5.74, 6) is -0.420. The highest BCUT2D eigenvalue weighted by Crippen LogP contribution is 2.35. The van der Waals surface area contributed by atoms with Crippen LogP contribution in [0, 0.1) is 0 Å².